The van der Waals surface area contributed by atoms with E-state index in [0.717, 1.165) is 0 Å². The highest BCUT2D eigenvalue weighted by molar-refractivity contribution is 6.60. The van der Waals surface area contributed by atoms with Gasteiger partial charge in [0.2, 0.25) is 0 Å². The molecular weight excluding hydrogens is 309 g/mol. The molecule has 0 saturated carbocycles. The second-order valence-corrected chi connectivity index (χ2v) is 6.94. The SMILES string of the molecule is [B]c1c([B])c(N2CCN(C(=O)OC(C)(C)C)CC2)c([B])c([B])c1C#N. The summed E-state index contributed by atoms with van der Waals surface area (Å²) in [5, 5.41) is 9.15. The van der Waals surface area contributed by atoms with Gasteiger partial charge < -0.3 is 14.5 Å². The lowest BCUT2D eigenvalue weighted by Gasteiger charge is -2.39. The fourth-order valence-electron chi connectivity index (χ4n) is 2.71. The first-order valence-corrected chi connectivity index (χ1v) is 7.95. The van der Waals surface area contributed by atoms with Gasteiger partial charge in [-0.1, -0.05) is 21.9 Å². The maximum atomic E-state index is 12.1. The van der Waals surface area contributed by atoms with Crippen LogP contribution in [0.25, 0.3) is 0 Å². The average molecular weight is 327 g/mol. The number of hydrogen-bond acceptors (Lipinski definition) is 4. The summed E-state index contributed by atoms with van der Waals surface area (Å²) in [6.45, 7) is 7.37. The van der Waals surface area contributed by atoms with Crippen LogP contribution in [0.3, 0.4) is 0 Å². The number of piperazine rings is 1. The topological polar surface area (TPSA) is 56.6 Å². The highest BCUT2D eigenvalue weighted by Crippen LogP contribution is 2.14. The number of nitriles is 1. The monoisotopic (exact) mass is 327 g/mol. The Hall–Kier alpha value is -1.96. The second kappa shape index (κ2) is 7.11. The van der Waals surface area contributed by atoms with Crippen LogP contribution in [0.4, 0.5) is 10.5 Å². The van der Waals surface area contributed by atoms with Crippen LogP contribution in [-0.4, -0.2) is 74.2 Å². The molecule has 1 aromatic carbocycles. The van der Waals surface area contributed by atoms with E-state index in [1.807, 2.05) is 31.7 Å². The summed E-state index contributed by atoms with van der Waals surface area (Å²) in [4.78, 5) is 15.7. The van der Waals surface area contributed by atoms with E-state index < -0.39 is 5.60 Å². The number of nitrogens with zero attached hydrogens (tertiary/aromatic N) is 3. The third kappa shape index (κ3) is 4.00. The smallest absolute Gasteiger partial charge is 0.410 e. The minimum Gasteiger partial charge on any atom is -0.444 e. The predicted octanol–water partition coefficient (Wildman–Crippen LogP) is -2.21. The minimum absolute atomic E-state index is 0.0890. The Balaban J connectivity index is 2.19. The first kappa shape index (κ1) is 19.4. The quantitative estimate of drug-likeness (QED) is 0.549. The van der Waals surface area contributed by atoms with Gasteiger partial charge in [0.05, 0.1) is 6.07 Å². The van der Waals surface area contributed by atoms with Crippen molar-refractivity contribution in [2.75, 3.05) is 31.1 Å². The molecule has 0 spiro atoms. The van der Waals surface area contributed by atoms with Crippen LogP contribution in [0, 0.1) is 11.3 Å². The summed E-state index contributed by atoms with van der Waals surface area (Å²) in [7, 11) is 24.0. The Kier molecular flexibility index (Phi) is 5.51. The van der Waals surface area contributed by atoms with Crippen LogP contribution >= 0.6 is 0 Å². The zero-order valence-corrected chi connectivity index (χ0v) is 14.8. The van der Waals surface area contributed by atoms with E-state index in [-0.39, 0.29) is 33.5 Å². The van der Waals surface area contributed by atoms with Crippen LogP contribution in [0.15, 0.2) is 0 Å². The molecule has 1 aliphatic rings. The molecular formula is C16H17B4N3O2. The number of rotatable bonds is 1. The van der Waals surface area contributed by atoms with Crippen LogP contribution < -0.4 is 26.8 Å². The molecule has 0 unspecified atom stereocenters. The largest absolute Gasteiger partial charge is 0.444 e. The van der Waals surface area contributed by atoms with Gasteiger partial charge in [0.15, 0.2) is 0 Å². The maximum Gasteiger partial charge on any atom is 0.410 e. The molecule has 0 bridgehead atoms. The van der Waals surface area contributed by atoms with Crippen LogP contribution in [0.5, 0.6) is 0 Å². The fourth-order valence-corrected chi connectivity index (χ4v) is 2.71. The van der Waals surface area contributed by atoms with Gasteiger partial charge in [-0.05, 0) is 20.8 Å². The molecule has 1 aliphatic heterocycles. The van der Waals surface area contributed by atoms with Crippen LogP contribution in [0.1, 0.15) is 26.3 Å². The van der Waals surface area contributed by atoms with Crippen LogP contribution in [-0.2, 0) is 4.74 Å². The zero-order valence-electron chi connectivity index (χ0n) is 14.8. The van der Waals surface area contributed by atoms with Crippen LogP contribution in [0.2, 0.25) is 0 Å². The van der Waals surface area contributed by atoms with Crippen molar-refractivity contribution in [3.63, 3.8) is 0 Å². The number of hydrogen-bond donors (Lipinski definition) is 0. The summed E-state index contributed by atoms with van der Waals surface area (Å²) in [5.41, 5.74) is 0.767. The van der Waals surface area contributed by atoms with E-state index in [4.69, 9.17) is 41.4 Å². The molecule has 0 N–H and O–H groups in total. The third-order valence-corrected chi connectivity index (χ3v) is 3.99. The van der Waals surface area contributed by atoms with E-state index in [2.05, 4.69) is 0 Å². The molecule has 1 amide bonds. The van der Waals surface area contributed by atoms with Crippen molar-refractivity contribution >= 4 is 65.0 Å². The molecule has 0 aliphatic carbocycles. The van der Waals surface area contributed by atoms with E-state index in [1.54, 1.807) is 4.90 Å². The van der Waals surface area contributed by atoms with Crippen molar-refractivity contribution in [2.24, 2.45) is 0 Å². The number of amides is 1. The number of carbonyl (C=O) groups is 1. The molecule has 5 nitrogen and oxygen atoms in total. The molecule has 1 saturated heterocycles. The molecule has 0 aromatic heterocycles. The Morgan fingerprint density at radius 1 is 1.00 bits per heavy atom. The lowest BCUT2D eigenvalue weighted by atomic mass is 9.66. The Morgan fingerprint density at radius 3 is 1.88 bits per heavy atom. The van der Waals surface area contributed by atoms with Gasteiger partial charge in [-0.25, -0.2) is 4.79 Å². The Labute approximate surface area is 154 Å². The van der Waals surface area contributed by atoms with Gasteiger partial charge in [0.25, 0.3) is 0 Å². The molecule has 120 valence electrons. The lowest BCUT2D eigenvalue weighted by molar-refractivity contribution is 0.0241. The number of anilines is 1. The zero-order chi connectivity index (χ0) is 18.9. The van der Waals surface area contributed by atoms with Crippen molar-refractivity contribution in [3.05, 3.63) is 5.56 Å². The van der Waals surface area contributed by atoms with Gasteiger partial charge in [-0.2, -0.15) is 5.26 Å². The van der Waals surface area contributed by atoms with E-state index >= 15 is 0 Å². The third-order valence-electron chi connectivity index (χ3n) is 3.99. The molecule has 25 heavy (non-hydrogen) atoms. The van der Waals surface area contributed by atoms with Gasteiger partial charge in [0.1, 0.15) is 37.0 Å². The molecule has 1 heterocycles. The van der Waals surface area contributed by atoms with E-state index in [9.17, 15) is 4.79 Å². The Morgan fingerprint density at radius 2 is 1.48 bits per heavy atom. The number of benzene rings is 1. The van der Waals surface area contributed by atoms with Crippen molar-refractivity contribution in [3.8, 4) is 6.07 Å². The normalized spacial score (nSPS) is 15.0. The van der Waals surface area contributed by atoms with Gasteiger partial charge in [-0.15, -0.1) is 0 Å². The summed E-state index contributed by atoms with van der Waals surface area (Å²) in [6.07, 6.45) is -0.355. The van der Waals surface area contributed by atoms with Crippen molar-refractivity contribution in [1.29, 1.82) is 5.26 Å². The van der Waals surface area contributed by atoms with E-state index in [0.29, 0.717) is 31.9 Å². The van der Waals surface area contributed by atoms with Crippen molar-refractivity contribution in [1.82, 2.24) is 4.90 Å². The maximum absolute atomic E-state index is 12.1. The van der Waals surface area contributed by atoms with Crippen molar-refractivity contribution in [2.45, 2.75) is 26.4 Å². The number of carbonyl (C=O) groups excluding carboxylic acids is 1. The summed E-state index contributed by atoms with van der Waals surface area (Å²) < 4.78 is 5.38. The lowest BCUT2D eigenvalue weighted by Crippen LogP contribution is -2.55. The highest BCUT2D eigenvalue weighted by atomic mass is 16.6. The van der Waals surface area contributed by atoms with Crippen molar-refractivity contribution < 1.29 is 9.53 Å². The first-order valence-electron chi connectivity index (χ1n) is 7.95. The second-order valence-electron chi connectivity index (χ2n) is 6.94. The molecule has 9 heteroatoms. The summed E-state index contributed by atoms with van der Waals surface area (Å²) >= 11 is 0. The Bertz CT molecular complexity index is 703. The van der Waals surface area contributed by atoms with Gasteiger partial charge in [0, 0.05) is 37.4 Å². The minimum atomic E-state index is -0.543. The predicted molar refractivity (Wildman–Crippen MR) is 103 cm³/mol. The molecule has 1 aromatic rings. The van der Waals surface area contributed by atoms with E-state index in [1.165, 1.54) is 0 Å². The molecule has 8 radical (unpaired) electrons. The fraction of sp³-hybridized carbons (Fsp3) is 0.500. The average Bonchev–Trinajstić information content (AvgIpc) is 2.53. The molecule has 1 fully saturated rings. The van der Waals surface area contributed by atoms with Gasteiger partial charge >= 0.3 is 6.09 Å². The standard InChI is InChI=1S/C16H17B4N3O2/c1-16(2,3)25-15(24)23-6-4-22(5-7-23)14-12(19)10(17)9(8-21)11(18)13(14)20/h4-7H2,1-3H3. The summed E-state index contributed by atoms with van der Waals surface area (Å²) in [5.74, 6) is 0. The highest BCUT2D eigenvalue weighted by Gasteiger charge is 2.27. The molecule has 2 rings (SSSR count). The summed E-state index contributed by atoms with van der Waals surface area (Å²) in [6, 6.07) is 1.92. The van der Waals surface area contributed by atoms with Gasteiger partial charge in [-0.3, -0.25) is 0 Å². The number of ether oxygens (including phenoxy) is 1. The molecule has 0 atom stereocenters. The first-order chi connectivity index (χ1) is 11.6.